The van der Waals surface area contributed by atoms with Gasteiger partial charge in [-0.3, -0.25) is 4.90 Å². The first-order valence-electron chi connectivity index (χ1n) is 5.55. The first kappa shape index (κ1) is 11.0. The van der Waals surface area contributed by atoms with Gasteiger partial charge in [0.05, 0.1) is 0 Å². The summed E-state index contributed by atoms with van der Waals surface area (Å²) in [7, 11) is 0. The van der Waals surface area contributed by atoms with E-state index in [0.29, 0.717) is 12.1 Å². The van der Waals surface area contributed by atoms with Crippen molar-refractivity contribution in [3.8, 4) is 0 Å². The third-order valence-corrected chi connectivity index (χ3v) is 3.40. The SMILES string of the molecule is CC(C)C1CCCN1C(C)C(C)N. The third kappa shape index (κ3) is 2.44. The Hall–Kier alpha value is -0.0800. The van der Waals surface area contributed by atoms with Crippen LogP contribution >= 0.6 is 0 Å². The Kier molecular flexibility index (Phi) is 3.74. The second-order valence-electron chi connectivity index (χ2n) is 4.79. The Balaban J connectivity index is 2.57. The Morgan fingerprint density at radius 2 is 1.85 bits per heavy atom. The number of rotatable bonds is 3. The maximum Gasteiger partial charge on any atom is 0.0219 e. The van der Waals surface area contributed by atoms with Crippen molar-refractivity contribution < 1.29 is 0 Å². The first-order valence-corrected chi connectivity index (χ1v) is 5.55. The van der Waals surface area contributed by atoms with E-state index in [1.54, 1.807) is 0 Å². The summed E-state index contributed by atoms with van der Waals surface area (Å²) >= 11 is 0. The molecule has 0 aliphatic carbocycles. The van der Waals surface area contributed by atoms with Gasteiger partial charge in [0.25, 0.3) is 0 Å². The van der Waals surface area contributed by atoms with Crippen LogP contribution in [0.25, 0.3) is 0 Å². The van der Waals surface area contributed by atoms with E-state index < -0.39 is 0 Å². The molecule has 13 heavy (non-hydrogen) atoms. The van der Waals surface area contributed by atoms with Gasteiger partial charge in [0.2, 0.25) is 0 Å². The fraction of sp³-hybridized carbons (Fsp3) is 1.00. The molecule has 0 bridgehead atoms. The molecular weight excluding hydrogens is 160 g/mol. The van der Waals surface area contributed by atoms with Crippen LogP contribution in [-0.4, -0.2) is 29.6 Å². The Bertz CT molecular complexity index is 154. The highest BCUT2D eigenvalue weighted by molar-refractivity contribution is 4.87. The molecular formula is C11H24N2. The molecule has 0 amide bonds. The predicted molar refractivity (Wildman–Crippen MR) is 57.7 cm³/mol. The molecule has 0 spiro atoms. The Labute approximate surface area is 82.5 Å². The van der Waals surface area contributed by atoms with Crippen LogP contribution in [0.2, 0.25) is 0 Å². The van der Waals surface area contributed by atoms with E-state index in [1.807, 2.05) is 0 Å². The predicted octanol–water partition coefficient (Wildman–Crippen LogP) is 1.84. The van der Waals surface area contributed by atoms with Gasteiger partial charge in [-0.05, 0) is 39.2 Å². The molecule has 1 heterocycles. The normalized spacial score (nSPS) is 29.5. The van der Waals surface area contributed by atoms with Crippen LogP contribution in [0.5, 0.6) is 0 Å². The number of nitrogens with two attached hydrogens (primary N) is 1. The van der Waals surface area contributed by atoms with Crippen molar-refractivity contribution in [1.29, 1.82) is 0 Å². The van der Waals surface area contributed by atoms with Crippen molar-refractivity contribution in [1.82, 2.24) is 4.90 Å². The van der Waals surface area contributed by atoms with Crippen molar-refractivity contribution in [2.45, 2.75) is 58.7 Å². The highest BCUT2D eigenvalue weighted by Gasteiger charge is 2.31. The topological polar surface area (TPSA) is 29.3 Å². The van der Waals surface area contributed by atoms with Crippen molar-refractivity contribution in [3.63, 3.8) is 0 Å². The van der Waals surface area contributed by atoms with E-state index >= 15 is 0 Å². The molecule has 0 saturated carbocycles. The van der Waals surface area contributed by atoms with Crippen LogP contribution in [-0.2, 0) is 0 Å². The van der Waals surface area contributed by atoms with E-state index in [9.17, 15) is 0 Å². The van der Waals surface area contributed by atoms with Gasteiger partial charge in [-0.25, -0.2) is 0 Å². The summed E-state index contributed by atoms with van der Waals surface area (Å²) in [6.45, 7) is 10.2. The highest BCUT2D eigenvalue weighted by Crippen LogP contribution is 2.26. The minimum atomic E-state index is 0.291. The van der Waals surface area contributed by atoms with Crippen LogP contribution in [0.1, 0.15) is 40.5 Å². The molecule has 1 aliphatic heterocycles. The molecule has 0 aromatic heterocycles. The number of likely N-dealkylation sites (tertiary alicyclic amines) is 1. The maximum absolute atomic E-state index is 5.94. The van der Waals surface area contributed by atoms with Crippen molar-refractivity contribution in [3.05, 3.63) is 0 Å². The van der Waals surface area contributed by atoms with Gasteiger partial charge in [0, 0.05) is 18.1 Å². The zero-order chi connectivity index (χ0) is 10.0. The largest absolute Gasteiger partial charge is 0.327 e. The van der Waals surface area contributed by atoms with Gasteiger partial charge in [0.1, 0.15) is 0 Å². The molecule has 1 rings (SSSR count). The zero-order valence-electron chi connectivity index (χ0n) is 9.46. The molecule has 1 saturated heterocycles. The quantitative estimate of drug-likeness (QED) is 0.725. The molecule has 3 unspecified atom stereocenters. The van der Waals surface area contributed by atoms with Gasteiger partial charge in [-0.1, -0.05) is 13.8 Å². The van der Waals surface area contributed by atoms with Crippen LogP contribution in [0, 0.1) is 5.92 Å². The summed E-state index contributed by atoms with van der Waals surface area (Å²) in [6, 6.07) is 1.59. The zero-order valence-corrected chi connectivity index (χ0v) is 9.46. The molecule has 2 nitrogen and oxygen atoms in total. The highest BCUT2D eigenvalue weighted by atomic mass is 15.2. The monoisotopic (exact) mass is 184 g/mol. The Morgan fingerprint density at radius 1 is 1.23 bits per heavy atom. The van der Waals surface area contributed by atoms with Crippen LogP contribution in [0.15, 0.2) is 0 Å². The maximum atomic E-state index is 5.94. The van der Waals surface area contributed by atoms with E-state index in [-0.39, 0.29) is 0 Å². The van der Waals surface area contributed by atoms with E-state index in [2.05, 4.69) is 32.6 Å². The van der Waals surface area contributed by atoms with E-state index in [1.165, 1.54) is 19.4 Å². The third-order valence-electron chi connectivity index (χ3n) is 3.40. The van der Waals surface area contributed by atoms with E-state index in [4.69, 9.17) is 5.73 Å². The minimum Gasteiger partial charge on any atom is -0.327 e. The molecule has 2 N–H and O–H groups in total. The standard InChI is InChI=1S/C11H24N2/c1-8(2)11-6-5-7-13(11)10(4)9(3)12/h8-11H,5-7,12H2,1-4H3. The molecule has 0 aromatic carbocycles. The summed E-state index contributed by atoms with van der Waals surface area (Å²) in [5.74, 6) is 0.767. The molecule has 3 atom stereocenters. The number of hydrogen-bond acceptors (Lipinski definition) is 2. The van der Waals surface area contributed by atoms with Gasteiger partial charge in [-0.2, -0.15) is 0 Å². The smallest absolute Gasteiger partial charge is 0.0219 e. The second kappa shape index (κ2) is 4.43. The first-order chi connectivity index (χ1) is 6.04. The lowest BCUT2D eigenvalue weighted by atomic mass is 10.00. The lowest BCUT2D eigenvalue weighted by Crippen LogP contribution is -2.48. The second-order valence-corrected chi connectivity index (χ2v) is 4.79. The lowest BCUT2D eigenvalue weighted by molar-refractivity contribution is 0.141. The van der Waals surface area contributed by atoms with E-state index in [0.717, 1.165) is 12.0 Å². The van der Waals surface area contributed by atoms with Gasteiger partial charge in [-0.15, -0.1) is 0 Å². The van der Waals surface area contributed by atoms with Gasteiger partial charge < -0.3 is 5.73 Å². The minimum absolute atomic E-state index is 0.291. The lowest BCUT2D eigenvalue weighted by Gasteiger charge is -2.35. The van der Waals surface area contributed by atoms with Crippen molar-refractivity contribution >= 4 is 0 Å². The molecule has 2 heteroatoms. The van der Waals surface area contributed by atoms with Crippen molar-refractivity contribution in [2.24, 2.45) is 11.7 Å². The Morgan fingerprint density at radius 3 is 2.31 bits per heavy atom. The fourth-order valence-corrected chi connectivity index (χ4v) is 2.34. The molecule has 1 aliphatic rings. The fourth-order valence-electron chi connectivity index (χ4n) is 2.34. The molecule has 78 valence electrons. The summed E-state index contributed by atoms with van der Waals surface area (Å²) in [5, 5.41) is 0. The van der Waals surface area contributed by atoms with Crippen LogP contribution in [0.4, 0.5) is 0 Å². The summed E-state index contributed by atoms with van der Waals surface area (Å²) in [6.07, 6.45) is 2.70. The van der Waals surface area contributed by atoms with Gasteiger partial charge in [0.15, 0.2) is 0 Å². The molecule has 0 radical (unpaired) electrons. The van der Waals surface area contributed by atoms with Crippen LogP contribution < -0.4 is 5.73 Å². The molecule has 0 aromatic rings. The summed E-state index contributed by atoms with van der Waals surface area (Å²) in [5.41, 5.74) is 5.94. The van der Waals surface area contributed by atoms with Crippen molar-refractivity contribution in [2.75, 3.05) is 6.54 Å². The molecule has 1 fully saturated rings. The van der Waals surface area contributed by atoms with Crippen LogP contribution in [0.3, 0.4) is 0 Å². The average molecular weight is 184 g/mol. The summed E-state index contributed by atoms with van der Waals surface area (Å²) < 4.78 is 0. The van der Waals surface area contributed by atoms with Gasteiger partial charge >= 0.3 is 0 Å². The average Bonchev–Trinajstić information content (AvgIpc) is 2.50. The number of nitrogens with zero attached hydrogens (tertiary/aromatic N) is 1. The summed E-state index contributed by atoms with van der Waals surface area (Å²) in [4.78, 5) is 2.59. The number of hydrogen-bond donors (Lipinski definition) is 1.